The van der Waals surface area contributed by atoms with Crippen LogP contribution in [0.4, 0.5) is 24.5 Å². The molecular weight excluding hydrogens is 431 g/mol. The van der Waals surface area contributed by atoms with Crippen LogP contribution in [0, 0.1) is 0 Å². The summed E-state index contributed by atoms with van der Waals surface area (Å²) in [6, 6.07) is 8.16. The normalized spacial score (nSPS) is 11.0. The number of halogens is 3. The van der Waals surface area contributed by atoms with Gasteiger partial charge in [0.05, 0.1) is 19.0 Å². The van der Waals surface area contributed by atoms with Gasteiger partial charge in [0.1, 0.15) is 11.4 Å². The van der Waals surface area contributed by atoms with Crippen LogP contribution in [0.15, 0.2) is 48.8 Å². The lowest BCUT2D eigenvalue weighted by Gasteiger charge is -2.12. The van der Waals surface area contributed by atoms with Crippen molar-refractivity contribution in [2.75, 3.05) is 17.7 Å². The molecule has 0 saturated carbocycles. The van der Waals surface area contributed by atoms with Crippen molar-refractivity contribution in [3.8, 4) is 5.75 Å². The number of primary amides is 1. The van der Waals surface area contributed by atoms with Gasteiger partial charge in [0.2, 0.25) is 0 Å². The molecule has 32 heavy (non-hydrogen) atoms. The first-order valence-electron chi connectivity index (χ1n) is 8.90. The Balaban J connectivity index is 1.84. The number of rotatable bonds is 6. The van der Waals surface area contributed by atoms with Crippen molar-refractivity contribution in [2.24, 2.45) is 5.73 Å². The molecule has 5 N–H and O–H groups in total. The van der Waals surface area contributed by atoms with Crippen molar-refractivity contribution in [3.05, 3.63) is 71.3 Å². The van der Waals surface area contributed by atoms with Crippen LogP contribution < -0.4 is 21.1 Å². The standard InChI is InChI=1S/C20H16F3N5O4/c1-32-14-6-10(18(30)27-12-4-2-3-11(7-12)20(21,22)23)5-13(8-14)28-19(31)16-15(17(24)29)25-9-26-16/h2-9H,1H3,(H2,24,29)(H,25,26)(H,27,30)(H,28,31). The lowest BCUT2D eigenvalue weighted by Crippen LogP contribution is -2.21. The minimum absolute atomic E-state index is 0.00297. The predicted octanol–water partition coefficient (Wildman–Crippen LogP) is 3.04. The maximum atomic E-state index is 12.9. The number of aromatic nitrogens is 2. The first kappa shape index (κ1) is 22.3. The van der Waals surface area contributed by atoms with Gasteiger partial charge < -0.3 is 26.1 Å². The fourth-order valence-corrected chi connectivity index (χ4v) is 2.74. The van der Waals surface area contributed by atoms with E-state index in [0.717, 1.165) is 24.5 Å². The van der Waals surface area contributed by atoms with Gasteiger partial charge in [-0.3, -0.25) is 14.4 Å². The van der Waals surface area contributed by atoms with E-state index in [1.54, 1.807) is 0 Å². The minimum Gasteiger partial charge on any atom is -0.497 e. The average Bonchev–Trinajstić information content (AvgIpc) is 3.23. The lowest BCUT2D eigenvalue weighted by molar-refractivity contribution is -0.137. The molecule has 0 aliphatic rings. The summed E-state index contributed by atoms with van der Waals surface area (Å²) in [6.07, 6.45) is -3.45. The van der Waals surface area contributed by atoms with Gasteiger partial charge in [0.15, 0.2) is 5.69 Å². The number of carbonyl (C=O) groups excluding carboxylic acids is 3. The van der Waals surface area contributed by atoms with E-state index in [0.29, 0.717) is 0 Å². The van der Waals surface area contributed by atoms with E-state index in [1.165, 1.54) is 31.4 Å². The van der Waals surface area contributed by atoms with Crippen molar-refractivity contribution in [1.82, 2.24) is 9.97 Å². The van der Waals surface area contributed by atoms with Gasteiger partial charge in [-0.05, 0) is 30.3 Å². The Bertz CT molecular complexity index is 1190. The lowest BCUT2D eigenvalue weighted by atomic mass is 10.1. The Kier molecular flexibility index (Phi) is 6.14. The van der Waals surface area contributed by atoms with Gasteiger partial charge >= 0.3 is 6.18 Å². The molecule has 12 heteroatoms. The Morgan fingerprint density at radius 3 is 2.41 bits per heavy atom. The predicted molar refractivity (Wildman–Crippen MR) is 107 cm³/mol. The molecule has 3 aromatic rings. The van der Waals surface area contributed by atoms with Gasteiger partial charge in [-0.2, -0.15) is 13.2 Å². The first-order chi connectivity index (χ1) is 15.1. The monoisotopic (exact) mass is 447 g/mol. The van der Waals surface area contributed by atoms with Crippen LogP contribution in [0.3, 0.4) is 0 Å². The fraction of sp³-hybridized carbons (Fsp3) is 0.100. The number of ether oxygens (including phenoxy) is 1. The summed E-state index contributed by atoms with van der Waals surface area (Å²) in [5.41, 5.74) is 3.84. The third-order valence-electron chi connectivity index (χ3n) is 4.21. The number of methoxy groups -OCH3 is 1. The first-order valence-corrected chi connectivity index (χ1v) is 8.90. The van der Waals surface area contributed by atoms with Gasteiger partial charge in [0, 0.05) is 23.0 Å². The number of hydrogen-bond acceptors (Lipinski definition) is 5. The minimum atomic E-state index is -4.56. The highest BCUT2D eigenvalue weighted by Crippen LogP contribution is 2.31. The topological polar surface area (TPSA) is 139 Å². The molecule has 0 aliphatic heterocycles. The molecule has 0 bridgehead atoms. The third kappa shape index (κ3) is 5.03. The van der Waals surface area contributed by atoms with E-state index in [9.17, 15) is 27.6 Å². The second-order valence-electron chi connectivity index (χ2n) is 6.43. The number of benzene rings is 2. The number of anilines is 2. The summed E-state index contributed by atoms with van der Waals surface area (Å²) in [4.78, 5) is 42.6. The SMILES string of the molecule is COc1cc(NC(=O)c2[nH]cnc2C(N)=O)cc(C(=O)Nc2cccc(C(F)(F)F)c2)c1. The summed E-state index contributed by atoms with van der Waals surface area (Å²) in [6.45, 7) is 0. The number of carbonyl (C=O) groups is 3. The number of nitrogens with zero attached hydrogens (tertiary/aromatic N) is 1. The number of amides is 3. The van der Waals surface area contributed by atoms with E-state index in [1.807, 2.05) is 0 Å². The van der Waals surface area contributed by atoms with Crippen LogP contribution >= 0.6 is 0 Å². The molecule has 166 valence electrons. The molecule has 0 fully saturated rings. The number of nitrogens with one attached hydrogen (secondary N) is 3. The summed E-state index contributed by atoms with van der Waals surface area (Å²) in [5, 5.41) is 4.85. The van der Waals surface area contributed by atoms with Gasteiger partial charge in [0.25, 0.3) is 17.7 Å². The molecule has 9 nitrogen and oxygen atoms in total. The number of H-pyrrole nitrogens is 1. The number of nitrogens with two attached hydrogens (primary N) is 1. The van der Waals surface area contributed by atoms with E-state index >= 15 is 0 Å². The van der Waals surface area contributed by atoms with Crippen molar-refractivity contribution >= 4 is 29.1 Å². The van der Waals surface area contributed by atoms with Gasteiger partial charge in [-0.15, -0.1) is 0 Å². The van der Waals surface area contributed by atoms with E-state index in [-0.39, 0.29) is 34.1 Å². The Morgan fingerprint density at radius 1 is 1.03 bits per heavy atom. The highest BCUT2D eigenvalue weighted by Gasteiger charge is 2.30. The van der Waals surface area contributed by atoms with Crippen molar-refractivity contribution in [2.45, 2.75) is 6.18 Å². The number of alkyl halides is 3. The zero-order valence-electron chi connectivity index (χ0n) is 16.4. The molecule has 0 radical (unpaired) electrons. The third-order valence-corrected chi connectivity index (χ3v) is 4.21. The van der Waals surface area contributed by atoms with Crippen LogP contribution in [0.5, 0.6) is 5.75 Å². The van der Waals surface area contributed by atoms with Crippen LogP contribution in [0.25, 0.3) is 0 Å². The van der Waals surface area contributed by atoms with E-state index < -0.39 is 29.5 Å². The Morgan fingerprint density at radius 2 is 1.75 bits per heavy atom. The summed E-state index contributed by atoms with van der Waals surface area (Å²) in [7, 11) is 1.33. The molecule has 0 unspecified atom stereocenters. The van der Waals surface area contributed by atoms with Crippen LogP contribution in [-0.2, 0) is 6.18 Å². The zero-order valence-corrected chi connectivity index (χ0v) is 16.4. The Labute approximate surface area is 178 Å². The highest BCUT2D eigenvalue weighted by atomic mass is 19.4. The van der Waals surface area contributed by atoms with Crippen LogP contribution in [0.1, 0.15) is 36.9 Å². The molecule has 2 aromatic carbocycles. The molecule has 3 amide bonds. The fourth-order valence-electron chi connectivity index (χ4n) is 2.74. The maximum absolute atomic E-state index is 12.9. The quantitative estimate of drug-likeness (QED) is 0.460. The van der Waals surface area contributed by atoms with Gasteiger partial charge in [-0.1, -0.05) is 6.07 Å². The van der Waals surface area contributed by atoms with Crippen LogP contribution in [-0.4, -0.2) is 34.8 Å². The molecule has 0 aliphatic carbocycles. The van der Waals surface area contributed by atoms with E-state index in [2.05, 4.69) is 20.6 Å². The molecule has 1 aromatic heterocycles. The smallest absolute Gasteiger partial charge is 0.416 e. The maximum Gasteiger partial charge on any atom is 0.416 e. The van der Waals surface area contributed by atoms with Crippen molar-refractivity contribution < 1.29 is 32.3 Å². The van der Waals surface area contributed by atoms with Gasteiger partial charge in [-0.25, -0.2) is 4.98 Å². The number of aromatic amines is 1. The van der Waals surface area contributed by atoms with Crippen LogP contribution in [0.2, 0.25) is 0 Å². The molecule has 0 spiro atoms. The van der Waals surface area contributed by atoms with Crippen molar-refractivity contribution in [3.63, 3.8) is 0 Å². The second-order valence-corrected chi connectivity index (χ2v) is 6.43. The molecule has 1 heterocycles. The second kappa shape index (κ2) is 8.79. The molecule has 0 saturated heterocycles. The highest BCUT2D eigenvalue weighted by molar-refractivity contribution is 6.10. The average molecular weight is 447 g/mol. The number of imidazole rings is 1. The Hall–Kier alpha value is -4.35. The van der Waals surface area contributed by atoms with Crippen molar-refractivity contribution in [1.29, 1.82) is 0 Å². The summed E-state index contributed by atoms with van der Waals surface area (Å²) >= 11 is 0. The molecule has 0 atom stereocenters. The zero-order chi connectivity index (χ0) is 23.5. The largest absolute Gasteiger partial charge is 0.497 e. The summed E-state index contributed by atoms with van der Waals surface area (Å²) in [5.74, 6) is -2.22. The van der Waals surface area contributed by atoms with E-state index in [4.69, 9.17) is 10.5 Å². The summed E-state index contributed by atoms with van der Waals surface area (Å²) < 4.78 is 43.8. The molecule has 3 rings (SSSR count). The number of hydrogen-bond donors (Lipinski definition) is 4. The molecular formula is C20H16F3N5O4.